The minimum absolute atomic E-state index is 0.145. The molecule has 2 N–H and O–H groups in total. The average Bonchev–Trinajstić information content (AvgIpc) is 2.47. The molecule has 7 heteroatoms. The van der Waals surface area contributed by atoms with E-state index in [1.165, 1.54) is 0 Å². The van der Waals surface area contributed by atoms with Crippen LogP contribution < -0.4 is 15.5 Å². The molecule has 21 heavy (non-hydrogen) atoms. The zero-order chi connectivity index (χ0) is 15.4. The first-order valence-electron chi connectivity index (χ1n) is 6.73. The summed E-state index contributed by atoms with van der Waals surface area (Å²) in [6, 6.07) is 6.25. The molecule has 114 valence electrons. The highest BCUT2D eigenvalue weighted by Crippen LogP contribution is 2.20. The van der Waals surface area contributed by atoms with Crippen LogP contribution in [0, 0.1) is 0 Å². The molecule has 0 spiro atoms. The van der Waals surface area contributed by atoms with E-state index in [1.807, 2.05) is 0 Å². The highest BCUT2D eigenvalue weighted by atomic mass is 19.3. The van der Waals surface area contributed by atoms with Gasteiger partial charge in [-0.2, -0.15) is 8.78 Å². The zero-order valence-electron chi connectivity index (χ0n) is 11.6. The van der Waals surface area contributed by atoms with E-state index in [-0.39, 0.29) is 6.03 Å². The first kappa shape index (κ1) is 15.2. The molecule has 1 aliphatic rings. The van der Waals surface area contributed by atoms with Crippen LogP contribution in [0.4, 0.5) is 19.3 Å². The molecule has 1 heterocycles. The van der Waals surface area contributed by atoms with Gasteiger partial charge in [0.2, 0.25) is 0 Å². The summed E-state index contributed by atoms with van der Waals surface area (Å²) in [5.74, 6) is -1.29. The molecular weight excluding hydrogens is 280 g/mol. The van der Waals surface area contributed by atoms with Crippen molar-refractivity contribution in [1.29, 1.82) is 0 Å². The Bertz CT molecular complexity index is 519. The van der Waals surface area contributed by atoms with E-state index in [0.29, 0.717) is 18.7 Å². The number of nitrogens with zero attached hydrogens (tertiary/aromatic N) is 1. The Morgan fingerprint density at radius 2 is 2.00 bits per heavy atom. The lowest BCUT2D eigenvalue weighted by Gasteiger charge is -2.27. The third-order valence-corrected chi connectivity index (χ3v) is 3.34. The first-order valence-corrected chi connectivity index (χ1v) is 6.73. The van der Waals surface area contributed by atoms with E-state index in [4.69, 9.17) is 0 Å². The number of carbonyl (C=O) groups excluding carboxylic acids is 2. The van der Waals surface area contributed by atoms with Crippen molar-refractivity contribution in [2.75, 3.05) is 18.0 Å². The summed E-state index contributed by atoms with van der Waals surface area (Å²) in [6.07, 6.45) is -2.15. The summed E-state index contributed by atoms with van der Waals surface area (Å²) in [7, 11) is 0. The van der Waals surface area contributed by atoms with Crippen LogP contribution in [0.2, 0.25) is 0 Å². The van der Waals surface area contributed by atoms with Gasteiger partial charge in [0, 0.05) is 18.8 Å². The van der Waals surface area contributed by atoms with E-state index in [9.17, 15) is 18.4 Å². The van der Waals surface area contributed by atoms with Gasteiger partial charge in [-0.25, -0.2) is 4.79 Å². The van der Waals surface area contributed by atoms with Crippen LogP contribution in [0.15, 0.2) is 24.3 Å². The summed E-state index contributed by atoms with van der Waals surface area (Å²) in [6.45, 7) is 2.94. The highest BCUT2D eigenvalue weighted by Gasteiger charge is 2.20. The van der Waals surface area contributed by atoms with Gasteiger partial charge in [0.1, 0.15) is 0 Å². The number of carbonyl (C=O) groups is 2. The van der Waals surface area contributed by atoms with Crippen LogP contribution in [0.25, 0.3) is 0 Å². The number of amides is 3. The number of urea groups is 1. The third-order valence-electron chi connectivity index (χ3n) is 3.34. The SMILES string of the molecule is CC(NC(=O)C(F)F)c1ccc(N2CCCNC2=O)cc1. The van der Waals surface area contributed by atoms with Crippen molar-refractivity contribution in [2.24, 2.45) is 0 Å². The molecule has 1 aromatic carbocycles. The summed E-state index contributed by atoms with van der Waals surface area (Å²) < 4.78 is 24.4. The van der Waals surface area contributed by atoms with Crippen molar-refractivity contribution in [3.8, 4) is 0 Å². The number of alkyl halides is 2. The molecule has 3 amide bonds. The fourth-order valence-corrected chi connectivity index (χ4v) is 2.18. The maximum absolute atomic E-state index is 12.2. The van der Waals surface area contributed by atoms with Crippen LogP contribution in [-0.4, -0.2) is 31.5 Å². The number of hydrogen-bond acceptors (Lipinski definition) is 2. The van der Waals surface area contributed by atoms with E-state index in [2.05, 4.69) is 10.6 Å². The quantitative estimate of drug-likeness (QED) is 0.893. The Hall–Kier alpha value is -2.18. The Kier molecular flexibility index (Phi) is 4.72. The maximum Gasteiger partial charge on any atom is 0.321 e. The Labute approximate surface area is 121 Å². The lowest BCUT2D eigenvalue weighted by Crippen LogP contribution is -2.46. The van der Waals surface area contributed by atoms with E-state index >= 15 is 0 Å². The molecule has 0 aliphatic carbocycles. The van der Waals surface area contributed by atoms with Crippen molar-refractivity contribution in [2.45, 2.75) is 25.8 Å². The summed E-state index contributed by atoms with van der Waals surface area (Å²) in [4.78, 5) is 24.3. The van der Waals surface area contributed by atoms with Gasteiger partial charge in [-0.3, -0.25) is 9.69 Å². The van der Waals surface area contributed by atoms with Crippen LogP contribution >= 0.6 is 0 Å². The largest absolute Gasteiger partial charge is 0.345 e. The van der Waals surface area contributed by atoms with Gasteiger partial charge in [-0.05, 0) is 31.0 Å². The van der Waals surface area contributed by atoms with Crippen LogP contribution in [0.5, 0.6) is 0 Å². The van der Waals surface area contributed by atoms with E-state index < -0.39 is 18.4 Å². The second-order valence-corrected chi connectivity index (χ2v) is 4.86. The van der Waals surface area contributed by atoms with Crippen LogP contribution in [0.1, 0.15) is 24.9 Å². The minimum atomic E-state index is -3.02. The Balaban J connectivity index is 2.04. The van der Waals surface area contributed by atoms with Crippen molar-refractivity contribution < 1.29 is 18.4 Å². The lowest BCUT2D eigenvalue weighted by molar-refractivity contribution is -0.132. The molecular formula is C14H17F2N3O2. The monoisotopic (exact) mass is 297 g/mol. The van der Waals surface area contributed by atoms with Gasteiger partial charge in [0.15, 0.2) is 0 Å². The fourth-order valence-electron chi connectivity index (χ4n) is 2.18. The molecule has 0 radical (unpaired) electrons. The van der Waals surface area contributed by atoms with Crippen molar-refractivity contribution in [1.82, 2.24) is 10.6 Å². The molecule has 1 fully saturated rings. The fraction of sp³-hybridized carbons (Fsp3) is 0.429. The molecule has 1 unspecified atom stereocenters. The molecule has 0 saturated carbocycles. The van der Waals surface area contributed by atoms with E-state index in [1.54, 1.807) is 36.1 Å². The smallest absolute Gasteiger partial charge is 0.321 e. The predicted molar refractivity (Wildman–Crippen MR) is 74.4 cm³/mol. The van der Waals surface area contributed by atoms with Gasteiger partial charge >= 0.3 is 12.5 Å². The van der Waals surface area contributed by atoms with Gasteiger partial charge in [0.05, 0.1) is 6.04 Å². The summed E-state index contributed by atoms with van der Waals surface area (Å²) in [5, 5.41) is 4.97. The molecule has 0 aromatic heterocycles. The van der Waals surface area contributed by atoms with Crippen LogP contribution in [-0.2, 0) is 4.79 Å². The number of benzene rings is 1. The van der Waals surface area contributed by atoms with Crippen molar-refractivity contribution >= 4 is 17.6 Å². The standard InChI is InChI=1S/C14H17F2N3O2/c1-9(18-13(20)12(15)16)10-3-5-11(6-4-10)19-8-2-7-17-14(19)21/h3-6,9,12H,2,7-8H2,1H3,(H,17,21)(H,18,20). The zero-order valence-corrected chi connectivity index (χ0v) is 11.6. The van der Waals surface area contributed by atoms with Gasteiger partial charge in [-0.1, -0.05) is 12.1 Å². The van der Waals surface area contributed by atoms with Gasteiger partial charge in [0.25, 0.3) is 5.91 Å². The van der Waals surface area contributed by atoms with Crippen molar-refractivity contribution in [3.63, 3.8) is 0 Å². The number of nitrogens with one attached hydrogen (secondary N) is 2. The van der Waals surface area contributed by atoms with Gasteiger partial charge < -0.3 is 10.6 Å². The van der Waals surface area contributed by atoms with Crippen LogP contribution in [0.3, 0.4) is 0 Å². The van der Waals surface area contributed by atoms with Gasteiger partial charge in [-0.15, -0.1) is 0 Å². The predicted octanol–water partition coefficient (Wildman–Crippen LogP) is 2.05. The third kappa shape index (κ3) is 3.68. The molecule has 1 atom stereocenters. The Morgan fingerprint density at radius 3 is 2.57 bits per heavy atom. The lowest BCUT2D eigenvalue weighted by atomic mass is 10.1. The molecule has 1 aromatic rings. The molecule has 5 nitrogen and oxygen atoms in total. The summed E-state index contributed by atoms with van der Waals surface area (Å²) in [5.41, 5.74) is 1.44. The normalized spacial score (nSPS) is 16.6. The second-order valence-electron chi connectivity index (χ2n) is 4.86. The summed E-state index contributed by atoms with van der Waals surface area (Å²) >= 11 is 0. The number of rotatable bonds is 4. The number of hydrogen-bond donors (Lipinski definition) is 2. The minimum Gasteiger partial charge on any atom is -0.345 e. The van der Waals surface area contributed by atoms with Crippen molar-refractivity contribution in [3.05, 3.63) is 29.8 Å². The Morgan fingerprint density at radius 1 is 1.33 bits per heavy atom. The number of halogens is 2. The maximum atomic E-state index is 12.2. The van der Waals surface area contributed by atoms with E-state index in [0.717, 1.165) is 12.1 Å². The molecule has 0 bridgehead atoms. The second kappa shape index (κ2) is 6.51. The number of anilines is 1. The first-order chi connectivity index (χ1) is 9.99. The molecule has 1 aliphatic heterocycles. The average molecular weight is 297 g/mol. The highest BCUT2D eigenvalue weighted by molar-refractivity contribution is 5.92. The molecule has 2 rings (SSSR count). The molecule has 1 saturated heterocycles. The topological polar surface area (TPSA) is 61.4 Å².